The minimum absolute atomic E-state index is 0.0577. The van der Waals surface area contributed by atoms with E-state index < -0.39 is 11.4 Å². The quantitative estimate of drug-likeness (QED) is 0.692. The number of nitrogens with one attached hydrogen (secondary N) is 1. The highest BCUT2D eigenvalue weighted by Crippen LogP contribution is 2.27. The Balaban J connectivity index is 2.36. The van der Waals surface area contributed by atoms with E-state index in [0.29, 0.717) is 5.69 Å². The van der Waals surface area contributed by atoms with Crippen LogP contribution in [0.2, 0.25) is 0 Å². The van der Waals surface area contributed by atoms with E-state index in [1.807, 2.05) is 6.08 Å². The van der Waals surface area contributed by atoms with E-state index >= 15 is 0 Å². The Bertz CT molecular complexity index is 411. The van der Waals surface area contributed by atoms with Gasteiger partial charge in [0.2, 0.25) is 5.82 Å². The van der Waals surface area contributed by atoms with Gasteiger partial charge in [-0.15, -0.1) is 0 Å². The van der Waals surface area contributed by atoms with Gasteiger partial charge in [-0.25, -0.2) is 4.98 Å². The maximum Gasteiger partial charge on any atom is 0.287 e. The fourth-order valence-corrected chi connectivity index (χ4v) is 1.72. The van der Waals surface area contributed by atoms with Crippen LogP contribution in [0, 0.1) is 5.82 Å². The number of nitrogens with zero attached hydrogens (tertiary/aromatic N) is 1. The van der Waals surface area contributed by atoms with Crippen molar-refractivity contribution in [3.05, 3.63) is 40.3 Å². The van der Waals surface area contributed by atoms with Crippen molar-refractivity contribution in [1.29, 1.82) is 0 Å². The third kappa shape index (κ3) is 1.60. The average Bonchev–Trinajstić information content (AvgIpc) is 2.23. The maximum absolute atomic E-state index is 13.4. The summed E-state index contributed by atoms with van der Waals surface area (Å²) in [6.07, 6.45) is 7.91. The van der Waals surface area contributed by atoms with E-state index in [2.05, 4.69) is 16.0 Å². The molecule has 2 rings (SSSR count). The van der Waals surface area contributed by atoms with Crippen LogP contribution >= 0.6 is 0 Å². The highest BCUT2D eigenvalue weighted by molar-refractivity contribution is 5.12. The van der Waals surface area contributed by atoms with Gasteiger partial charge in [-0.05, 0) is 19.3 Å². The van der Waals surface area contributed by atoms with E-state index in [1.165, 1.54) is 6.33 Å². The molecule has 0 aliphatic heterocycles. The molecule has 1 aromatic heterocycles. The first-order chi connectivity index (χ1) is 6.79. The molecule has 0 aromatic carbocycles. The second kappa shape index (κ2) is 3.74. The van der Waals surface area contributed by atoms with E-state index in [0.717, 1.165) is 19.3 Å². The minimum Gasteiger partial charge on any atom is -0.311 e. The Morgan fingerprint density at radius 1 is 1.50 bits per heavy atom. The van der Waals surface area contributed by atoms with Crippen molar-refractivity contribution in [3.8, 4) is 0 Å². The summed E-state index contributed by atoms with van der Waals surface area (Å²) < 4.78 is 13.4. The smallest absolute Gasteiger partial charge is 0.287 e. The van der Waals surface area contributed by atoms with Crippen molar-refractivity contribution < 1.29 is 4.39 Å². The zero-order chi connectivity index (χ0) is 9.97. The number of hydrogen-bond donors (Lipinski definition) is 1. The summed E-state index contributed by atoms with van der Waals surface area (Å²) in [4.78, 5) is 17.1. The molecule has 0 amide bonds. The summed E-state index contributed by atoms with van der Waals surface area (Å²) in [6, 6.07) is 0. The van der Waals surface area contributed by atoms with Gasteiger partial charge in [-0.3, -0.25) is 4.79 Å². The molecule has 0 spiro atoms. The molecule has 3 nitrogen and oxygen atoms in total. The lowest BCUT2D eigenvalue weighted by Gasteiger charge is -2.16. The van der Waals surface area contributed by atoms with Crippen LogP contribution in [0.25, 0.3) is 0 Å². The third-order valence-electron chi connectivity index (χ3n) is 2.48. The number of rotatable bonds is 1. The van der Waals surface area contributed by atoms with Gasteiger partial charge >= 0.3 is 0 Å². The predicted molar refractivity (Wildman–Crippen MR) is 50.5 cm³/mol. The molecular formula is C10H11FN2O. The van der Waals surface area contributed by atoms with E-state index in [9.17, 15) is 9.18 Å². The zero-order valence-corrected chi connectivity index (χ0v) is 7.66. The Morgan fingerprint density at radius 2 is 2.36 bits per heavy atom. The number of H-pyrrole nitrogens is 1. The van der Waals surface area contributed by atoms with Crippen LogP contribution in [0.1, 0.15) is 30.9 Å². The molecular weight excluding hydrogens is 183 g/mol. The number of aromatic amines is 1. The predicted octanol–water partition coefficient (Wildman–Crippen LogP) is 1.73. The summed E-state index contributed by atoms with van der Waals surface area (Å²) in [5, 5.41) is 0. The van der Waals surface area contributed by atoms with Crippen molar-refractivity contribution in [3.63, 3.8) is 0 Å². The molecule has 1 heterocycles. The lowest BCUT2D eigenvalue weighted by molar-refractivity contribution is 0.519. The normalized spacial score (nSPS) is 21.1. The van der Waals surface area contributed by atoms with Gasteiger partial charge < -0.3 is 4.98 Å². The van der Waals surface area contributed by atoms with Gasteiger partial charge in [0.25, 0.3) is 5.56 Å². The summed E-state index contributed by atoms with van der Waals surface area (Å²) >= 11 is 0. The van der Waals surface area contributed by atoms with Crippen molar-refractivity contribution >= 4 is 0 Å². The van der Waals surface area contributed by atoms with E-state index in [-0.39, 0.29) is 5.92 Å². The molecule has 4 heteroatoms. The van der Waals surface area contributed by atoms with Crippen molar-refractivity contribution in [2.45, 2.75) is 25.2 Å². The summed E-state index contributed by atoms with van der Waals surface area (Å²) in [5.41, 5.74) is -0.373. The molecule has 1 aliphatic carbocycles. The van der Waals surface area contributed by atoms with E-state index in [4.69, 9.17) is 0 Å². The van der Waals surface area contributed by atoms with Crippen molar-refractivity contribution in [1.82, 2.24) is 9.97 Å². The van der Waals surface area contributed by atoms with Crippen LogP contribution in [0.4, 0.5) is 4.39 Å². The Kier molecular flexibility index (Phi) is 2.43. The lowest BCUT2D eigenvalue weighted by Crippen LogP contribution is -2.17. The Labute approximate surface area is 80.7 Å². The third-order valence-corrected chi connectivity index (χ3v) is 2.48. The molecule has 1 aromatic rings. The van der Waals surface area contributed by atoms with Gasteiger partial charge in [0.1, 0.15) is 0 Å². The minimum atomic E-state index is -0.729. The molecule has 74 valence electrons. The molecule has 0 radical (unpaired) electrons. The van der Waals surface area contributed by atoms with Gasteiger partial charge in [-0.2, -0.15) is 4.39 Å². The Hall–Kier alpha value is -1.45. The van der Waals surface area contributed by atoms with Crippen molar-refractivity contribution in [2.24, 2.45) is 0 Å². The molecule has 1 aliphatic rings. The second-order valence-corrected chi connectivity index (χ2v) is 3.41. The van der Waals surface area contributed by atoms with Crippen LogP contribution in [-0.4, -0.2) is 9.97 Å². The highest BCUT2D eigenvalue weighted by Gasteiger charge is 2.19. The fourth-order valence-electron chi connectivity index (χ4n) is 1.72. The summed E-state index contributed by atoms with van der Waals surface area (Å²) in [6.45, 7) is 0. The number of halogens is 1. The van der Waals surface area contributed by atoms with Crippen molar-refractivity contribution in [2.75, 3.05) is 0 Å². The maximum atomic E-state index is 13.4. The van der Waals surface area contributed by atoms with Crippen LogP contribution in [0.5, 0.6) is 0 Å². The summed E-state index contributed by atoms with van der Waals surface area (Å²) in [7, 11) is 0. The van der Waals surface area contributed by atoms with Gasteiger partial charge in [0.15, 0.2) is 0 Å². The number of hydrogen-bond acceptors (Lipinski definition) is 2. The highest BCUT2D eigenvalue weighted by atomic mass is 19.1. The number of allylic oxidation sites excluding steroid dienone is 2. The Morgan fingerprint density at radius 3 is 3.07 bits per heavy atom. The lowest BCUT2D eigenvalue weighted by atomic mass is 9.91. The second-order valence-electron chi connectivity index (χ2n) is 3.41. The van der Waals surface area contributed by atoms with Crippen LogP contribution in [0.3, 0.4) is 0 Å². The topological polar surface area (TPSA) is 45.8 Å². The van der Waals surface area contributed by atoms with Crippen LogP contribution in [-0.2, 0) is 0 Å². The zero-order valence-electron chi connectivity index (χ0n) is 7.66. The molecule has 0 saturated carbocycles. The fraction of sp³-hybridized carbons (Fsp3) is 0.400. The van der Waals surface area contributed by atoms with Gasteiger partial charge in [0.05, 0.1) is 12.0 Å². The monoisotopic (exact) mass is 194 g/mol. The molecule has 1 N–H and O–H groups in total. The van der Waals surface area contributed by atoms with Gasteiger partial charge in [-0.1, -0.05) is 12.2 Å². The first kappa shape index (κ1) is 9.12. The van der Waals surface area contributed by atoms with E-state index in [1.54, 1.807) is 0 Å². The number of aromatic nitrogens is 2. The summed E-state index contributed by atoms with van der Waals surface area (Å²) in [5.74, 6) is -0.671. The molecule has 0 bridgehead atoms. The van der Waals surface area contributed by atoms with Crippen LogP contribution in [0.15, 0.2) is 23.3 Å². The molecule has 0 saturated heterocycles. The largest absolute Gasteiger partial charge is 0.311 e. The van der Waals surface area contributed by atoms with Gasteiger partial charge in [0, 0.05) is 5.92 Å². The standard InChI is InChI=1S/C10H11FN2O/c11-8-9(12-6-13-10(8)14)7-4-2-1-3-5-7/h1-2,6-7H,3-5H2,(H,12,13,14). The molecule has 1 atom stereocenters. The average molecular weight is 194 g/mol. The van der Waals surface area contributed by atoms with Crippen LogP contribution < -0.4 is 5.56 Å². The molecule has 0 fully saturated rings. The molecule has 14 heavy (non-hydrogen) atoms. The molecule has 1 unspecified atom stereocenters. The SMILES string of the molecule is O=c1[nH]cnc(C2CC=CCC2)c1F. The first-order valence-corrected chi connectivity index (χ1v) is 4.67. The first-order valence-electron chi connectivity index (χ1n) is 4.67.